The lowest BCUT2D eigenvalue weighted by Crippen LogP contribution is -2.21. The number of pyridine rings is 2. The summed E-state index contributed by atoms with van der Waals surface area (Å²) in [6, 6.07) is 6.29. The average Bonchev–Trinajstić information content (AvgIpc) is 2.73. The van der Waals surface area contributed by atoms with Crippen molar-refractivity contribution in [1.29, 1.82) is 0 Å². The van der Waals surface area contributed by atoms with Crippen LogP contribution in [0.15, 0.2) is 59.7 Å². The summed E-state index contributed by atoms with van der Waals surface area (Å²) in [5.74, 6) is -5.56. The monoisotopic (exact) mass is 474 g/mol. The minimum Gasteiger partial charge on any atom is -0.403 e. The van der Waals surface area contributed by atoms with Crippen LogP contribution in [0.25, 0.3) is 0 Å². The van der Waals surface area contributed by atoms with Gasteiger partial charge in [-0.3, -0.25) is 19.1 Å². The van der Waals surface area contributed by atoms with Crippen LogP contribution in [0.1, 0.15) is 40.5 Å². The number of ether oxygens (including phenoxy) is 1. The third-order valence-corrected chi connectivity index (χ3v) is 4.56. The highest BCUT2D eigenvalue weighted by Gasteiger charge is 2.33. The number of aromatic nitrogens is 2. The lowest BCUT2D eigenvalue weighted by molar-refractivity contribution is -0.275. The van der Waals surface area contributed by atoms with Gasteiger partial charge in [-0.2, -0.15) is 8.78 Å². The summed E-state index contributed by atoms with van der Waals surface area (Å²) < 4.78 is 95.4. The quantitative estimate of drug-likeness (QED) is 0.348. The smallest absolute Gasteiger partial charge is 0.403 e. The molecule has 0 fully saturated rings. The Hall–Kier alpha value is -3.70. The summed E-state index contributed by atoms with van der Waals surface area (Å²) in [4.78, 5) is 28.1. The number of carbonyl (C=O) groups is 1. The van der Waals surface area contributed by atoms with E-state index in [0.29, 0.717) is 18.3 Å². The van der Waals surface area contributed by atoms with E-state index in [1.165, 1.54) is 12.3 Å². The Morgan fingerprint density at radius 1 is 1.06 bits per heavy atom. The molecular weight excluding hydrogens is 461 g/mol. The van der Waals surface area contributed by atoms with Crippen molar-refractivity contribution in [2.24, 2.45) is 0 Å². The Labute approximate surface area is 181 Å². The number of halogens is 7. The normalized spacial score (nSPS) is 12.6. The molecule has 0 bridgehead atoms. The molecule has 3 rings (SSSR count). The molecule has 0 amide bonds. The largest absolute Gasteiger partial charge is 0.573 e. The Morgan fingerprint density at radius 3 is 2.39 bits per heavy atom. The molecule has 2 heterocycles. The van der Waals surface area contributed by atoms with Crippen molar-refractivity contribution in [2.45, 2.75) is 25.3 Å². The van der Waals surface area contributed by atoms with Crippen molar-refractivity contribution in [3.05, 3.63) is 93.7 Å². The van der Waals surface area contributed by atoms with Gasteiger partial charge in [-0.25, -0.2) is 8.78 Å². The first-order valence-electron chi connectivity index (χ1n) is 9.15. The van der Waals surface area contributed by atoms with E-state index in [0.717, 1.165) is 24.3 Å². The van der Waals surface area contributed by atoms with E-state index in [9.17, 15) is 40.3 Å². The van der Waals surface area contributed by atoms with Crippen LogP contribution in [0.2, 0.25) is 0 Å². The Bertz CT molecular complexity index is 1220. The Morgan fingerprint density at radius 2 is 1.79 bits per heavy atom. The lowest BCUT2D eigenvalue weighted by Gasteiger charge is -2.18. The average molecular weight is 474 g/mol. The number of benzene rings is 1. The van der Waals surface area contributed by atoms with E-state index in [1.807, 2.05) is 0 Å². The number of hydrogen-bond donors (Lipinski definition) is 0. The fourth-order valence-corrected chi connectivity index (χ4v) is 3.09. The van der Waals surface area contributed by atoms with Crippen molar-refractivity contribution >= 4 is 5.78 Å². The maximum atomic E-state index is 14.4. The van der Waals surface area contributed by atoms with Gasteiger partial charge in [0.25, 0.3) is 5.56 Å². The maximum absolute atomic E-state index is 14.4. The molecule has 0 aliphatic rings. The molecule has 0 spiro atoms. The molecule has 3 aromatic rings. The maximum Gasteiger partial charge on any atom is 0.573 e. The molecule has 2 aromatic heterocycles. The molecular formula is C21H13F7N2O3. The van der Waals surface area contributed by atoms with E-state index in [4.69, 9.17) is 0 Å². The van der Waals surface area contributed by atoms with Crippen molar-refractivity contribution in [2.75, 3.05) is 0 Å². The number of ketones is 1. The zero-order valence-corrected chi connectivity index (χ0v) is 16.3. The highest BCUT2D eigenvalue weighted by molar-refractivity contribution is 5.96. The van der Waals surface area contributed by atoms with Gasteiger partial charge in [0.15, 0.2) is 17.3 Å². The first-order valence-corrected chi connectivity index (χ1v) is 9.15. The van der Waals surface area contributed by atoms with Gasteiger partial charge < -0.3 is 4.74 Å². The number of nitrogens with zero attached hydrogens (tertiary/aromatic N) is 2. The van der Waals surface area contributed by atoms with Gasteiger partial charge in [-0.1, -0.05) is 6.07 Å². The number of hydrogen-bond acceptors (Lipinski definition) is 4. The van der Waals surface area contributed by atoms with E-state index >= 15 is 0 Å². The van der Waals surface area contributed by atoms with Crippen LogP contribution < -0.4 is 10.3 Å². The number of carbonyl (C=O) groups excluding carboxylic acids is 1. The van der Waals surface area contributed by atoms with Gasteiger partial charge in [0.1, 0.15) is 5.82 Å². The van der Waals surface area contributed by atoms with E-state index < -0.39 is 54.0 Å². The number of alkyl halides is 5. The number of rotatable bonds is 7. The highest BCUT2D eigenvalue weighted by atomic mass is 19.4. The van der Waals surface area contributed by atoms with Crippen molar-refractivity contribution in [3.8, 4) is 5.75 Å². The SMILES string of the molecule is O=C(C[C@@H](c1ccc(OC(F)(F)F)c(F)c1)c1ncccc1F)c1ccc(=O)n(C(F)F)c1. The molecule has 0 aliphatic heterocycles. The van der Waals surface area contributed by atoms with Crippen molar-refractivity contribution in [3.63, 3.8) is 0 Å². The van der Waals surface area contributed by atoms with Crippen LogP contribution in [0, 0.1) is 11.6 Å². The van der Waals surface area contributed by atoms with Gasteiger partial charge in [0.05, 0.1) is 5.69 Å². The molecule has 1 aromatic carbocycles. The minimum atomic E-state index is -5.15. The molecule has 12 heteroatoms. The standard InChI is InChI=1S/C21H13F7N2O3/c22-14-2-1-7-29-19(14)13(11-3-5-17(15(23)8-11)33-21(26,27)28)9-16(31)12-4-6-18(32)30(10-12)20(24)25/h1-8,10,13,20H,9H2/t13-/m0/s1. The second-order valence-corrected chi connectivity index (χ2v) is 6.73. The summed E-state index contributed by atoms with van der Waals surface area (Å²) in [6.07, 6.45) is -3.96. The summed E-state index contributed by atoms with van der Waals surface area (Å²) in [6.45, 7) is -3.22. The first kappa shape index (κ1) is 24.0. The fourth-order valence-electron chi connectivity index (χ4n) is 3.09. The third-order valence-electron chi connectivity index (χ3n) is 4.56. The van der Waals surface area contributed by atoms with Crippen molar-refractivity contribution in [1.82, 2.24) is 9.55 Å². The van der Waals surface area contributed by atoms with E-state index in [2.05, 4.69) is 9.72 Å². The molecule has 0 saturated carbocycles. The van der Waals surface area contributed by atoms with Gasteiger partial charge in [-0.05, 0) is 35.9 Å². The lowest BCUT2D eigenvalue weighted by atomic mass is 9.88. The van der Waals surface area contributed by atoms with Gasteiger partial charge in [0.2, 0.25) is 0 Å². The summed E-state index contributed by atoms with van der Waals surface area (Å²) >= 11 is 0. The Kier molecular flexibility index (Phi) is 6.84. The van der Waals surface area contributed by atoms with Crippen LogP contribution in [-0.2, 0) is 0 Å². The minimum absolute atomic E-state index is 0.0204. The topological polar surface area (TPSA) is 61.2 Å². The molecule has 0 saturated heterocycles. The zero-order chi connectivity index (χ0) is 24.3. The molecule has 0 aliphatic carbocycles. The summed E-state index contributed by atoms with van der Waals surface area (Å²) in [7, 11) is 0. The van der Waals surface area contributed by atoms with Gasteiger partial charge in [-0.15, -0.1) is 13.2 Å². The molecule has 1 atom stereocenters. The highest BCUT2D eigenvalue weighted by Crippen LogP contribution is 2.33. The third kappa shape index (κ3) is 5.76. The first-order chi connectivity index (χ1) is 15.5. The zero-order valence-electron chi connectivity index (χ0n) is 16.3. The van der Waals surface area contributed by atoms with Crippen LogP contribution in [0.4, 0.5) is 30.7 Å². The molecule has 33 heavy (non-hydrogen) atoms. The predicted molar refractivity (Wildman–Crippen MR) is 100 cm³/mol. The van der Waals surface area contributed by atoms with Crippen LogP contribution in [0.3, 0.4) is 0 Å². The van der Waals surface area contributed by atoms with Crippen LogP contribution >= 0.6 is 0 Å². The van der Waals surface area contributed by atoms with Crippen molar-refractivity contribution < 1.29 is 40.3 Å². The fraction of sp³-hybridized carbons (Fsp3) is 0.190. The second-order valence-electron chi connectivity index (χ2n) is 6.73. The van der Waals surface area contributed by atoms with E-state index in [1.54, 1.807) is 0 Å². The molecule has 5 nitrogen and oxygen atoms in total. The Balaban J connectivity index is 2.01. The summed E-state index contributed by atoms with van der Waals surface area (Å²) in [5, 5.41) is 0. The van der Waals surface area contributed by atoms with Crippen LogP contribution in [-0.4, -0.2) is 21.7 Å². The molecule has 0 radical (unpaired) electrons. The summed E-state index contributed by atoms with van der Waals surface area (Å²) in [5.41, 5.74) is -1.81. The molecule has 0 N–H and O–H groups in total. The second kappa shape index (κ2) is 9.43. The molecule has 0 unspecified atom stereocenters. The number of Topliss-reactive ketones (excluding diaryl/α,β-unsaturated/α-hetero) is 1. The predicted octanol–water partition coefficient (Wildman–Crippen LogP) is 5.22. The van der Waals surface area contributed by atoms with Crippen LogP contribution in [0.5, 0.6) is 5.75 Å². The van der Waals surface area contributed by atoms with Gasteiger partial charge in [0, 0.05) is 36.4 Å². The molecule has 174 valence electrons. The van der Waals surface area contributed by atoms with E-state index in [-0.39, 0.29) is 21.4 Å². The van der Waals surface area contributed by atoms with Gasteiger partial charge >= 0.3 is 12.9 Å².